The highest BCUT2D eigenvalue weighted by Gasteiger charge is 2.54. The fraction of sp³-hybridized carbons (Fsp3) is 0.333. The van der Waals surface area contributed by atoms with Crippen LogP contribution in [0, 0.1) is 0 Å². The molecule has 0 bridgehead atoms. The number of hydrogen-bond donors (Lipinski definition) is 1. The molecule has 0 spiro atoms. The highest BCUT2D eigenvalue weighted by molar-refractivity contribution is 5.47. The first-order valence-corrected chi connectivity index (χ1v) is 11.1. The van der Waals surface area contributed by atoms with Crippen LogP contribution in [0.15, 0.2) is 91.0 Å². The Hall–Kier alpha value is -2.54. The van der Waals surface area contributed by atoms with Gasteiger partial charge in [-0.15, -0.1) is 0 Å². The van der Waals surface area contributed by atoms with Gasteiger partial charge in [-0.25, -0.2) is 0 Å². The fourth-order valence-corrected chi connectivity index (χ4v) is 4.72. The van der Waals surface area contributed by atoms with E-state index in [1.807, 2.05) is 68.4 Å². The zero-order valence-corrected chi connectivity index (χ0v) is 18.4. The SMILES string of the molecule is CC1(C)OC2O[C@H](COC(c3ccccc3)(c3ccccc3)c3ccccc3)[C@@H](N)[C@H]2O1. The Balaban J connectivity index is 1.51. The van der Waals surface area contributed by atoms with Gasteiger partial charge in [0.15, 0.2) is 12.1 Å². The van der Waals surface area contributed by atoms with Gasteiger partial charge in [0, 0.05) is 0 Å². The minimum Gasteiger partial charge on any atom is -0.358 e. The fourth-order valence-electron chi connectivity index (χ4n) is 4.72. The Kier molecular flexibility index (Phi) is 5.61. The highest BCUT2D eigenvalue weighted by Crippen LogP contribution is 2.42. The molecule has 2 N–H and O–H groups in total. The lowest BCUT2D eigenvalue weighted by atomic mass is 9.80. The van der Waals surface area contributed by atoms with Gasteiger partial charge in [-0.3, -0.25) is 0 Å². The third-order valence-corrected chi connectivity index (χ3v) is 6.21. The summed E-state index contributed by atoms with van der Waals surface area (Å²) in [6.45, 7) is 4.04. The zero-order chi connectivity index (χ0) is 22.2. The Morgan fingerprint density at radius 3 is 1.69 bits per heavy atom. The van der Waals surface area contributed by atoms with Crippen LogP contribution in [0.5, 0.6) is 0 Å². The van der Waals surface area contributed by atoms with Crippen LogP contribution in [0.4, 0.5) is 0 Å². The smallest absolute Gasteiger partial charge is 0.189 e. The Labute approximate surface area is 189 Å². The molecule has 0 aliphatic carbocycles. The van der Waals surface area contributed by atoms with Crippen molar-refractivity contribution in [1.29, 1.82) is 0 Å². The molecule has 0 aromatic heterocycles. The van der Waals surface area contributed by atoms with Crippen LogP contribution < -0.4 is 5.73 Å². The Morgan fingerprint density at radius 1 is 0.781 bits per heavy atom. The largest absolute Gasteiger partial charge is 0.358 e. The molecule has 5 nitrogen and oxygen atoms in total. The molecule has 5 heteroatoms. The number of fused-ring (bicyclic) bond motifs is 1. The van der Waals surface area contributed by atoms with E-state index in [4.69, 9.17) is 24.7 Å². The van der Waals surface area contributed by atoms with E-state index in [9.17, 15) is 0 Å². The van der Waals surface area contributed by atoms with Crippen LogP contribution in [0.2, 0.25) is 0 Å². The third kappa shape index (κ3) is 3.76. The Morgan fingerprint density at radius 2 is 1.25 bits per heavy atom. The molecule has 3 aromatic rings. The predicted octanol–water partition coefficient (Wildman–Crippen LogP) is 4.20. The van der Waals surface area contributed by atoms with Crippen LogP contribution in [0.25, 0.3) is 0 Å². The van der Waals surface area contributed by atoms with Crippen LogP contribution in [-0.4, -0.2) is 36.9 Å². The quantitative estimate of drug-likeness (QED) is 0.593. The van der Waals surface area contributed by atoms with E-state index in [1.54, 1.807) is 0 Å². The Bertz CT molecular complexity index is 929. The minimum absolute atomic E-state index is 0.292. The molecule has 2 fully saturated rings. The molecule has 2 aliphatic rings. The number of ether oxygens (including phenoxy) is 4. The monoisotopic (exact) mass is 431 g/mol. The van der Waals surface area contributed by atoms with Gasteiger partial charge in [-0.2, -0.15) is 0 Å². The molecule has 2 heterocycles. The predicted molar refractivity (Wildman–Crippen MR) is 122 cm³/mol. The molecule has 5 rings (SSSR count). The molecule has 3 aromatic carbocycles. The van der Waals surface area contributed by atoms with Crippen molar-refractivity contribution in [2.75, 3.05) is 6.61 Å². The van der Waals surface area contributed by atoms with Gasteiger partial charge < -0.3 is 24.7 Å². The molecule has 1 unspecified atom stereocenters. The molecule has 2 aliphatic heterocycles. The van der Waals surface area contributed by atoms with Gasteiger partial charge in [0.2, 0.25) is 0 Å². The van der Waals surface area contributed by atoms with Gasteiger partial charge in [0.25, 0.3) is 0 Å². The normalized spacial score (nSPS) is 26.7. The molecule has 0 amide bonds. The first-order chi connectivity index (χ1) is 15.5. The maximum absolute atomic E-state index is 6.84. The summed E-state index contributed by atoms with van der Waals surface area (Å²) in [6, 6.07) is 30.5. The topological polar surface area (TPSA) is 62.9 Å². The highest BCUT2D eigenvalue weighted by atomic mass is 16.8. The molecule has 166 valence electrons. The second-order valence-electron chi connectivity index (χ2n) is 8.81. The van der Waals surface area contributed by atoms with Crippen molar-refractivity contribution >= 4 is 0 Å². The van der Waals surface area contributed by atoms with Gasteiger partial charge >= 0.3 is 0 Å². The van der Waals surface area contributed by atoms with Gasteiger partial charge in [0.05, 0.1) is 12.6 Å². The van der Waals surface area contributed by atoms with Crippen LogP contribution in [-0.2, 0) is 24.5 Å². The summed E-state index contributed by atoms with van der Waals surface area (Å²) in [4.78, 5) is 0. The van der Waals surface area contributed by atoms with Crippen molar-refractivity contribution in [3.63, 3.8) is 0 Å². The summed E-state index contributed by atoms with van der Waals surface area (Å²) in [5, 5.41) is 0. The van der Waals surface area contributed by atoms with E-state index in [0.717, 1.165) is 16.7 Å². The summed E-state index contributed by atoms with van der Waals surface area (Å²) < 4.78 is 24.8. The maximum Gasteiger partial charge on any atom is 0.189 e. The van der Waals surface area contributed by atoms with Crippen molar-refractivity contribution in [3.05, 3.63) is 108 Å². The van der Waals surface area contributed by atoms with Crippen LogP contribution >= 0.6 is 0 Å². The van der Waals surface area contributed by atoms with Crippen LogP contribution in [0.3, 0.4) is 0 Å². The summed E-state index contributed by atoms with van der Waals surface area (Å²) >= 11 is 0. The lowest BCUT2D eigenvalue weighted by molar-refractivity contribution is -0.213. The standard InChI is InChI=1S/C27H29NO4/c1-26(2)31-24-23(28)22(30-25(24)32-26)18-29-27(19-12-6-3-7-13-19,20-14-8-4-9-15-20)21-16-10-5-11-17-21/h3-17,22-25H,18,28H2,1-2H3/t22-,23-,24-,25?/m1/s1. The second kappa shape index (κ2) is 8.43. The van der Waals surface area contributed by atoms with E-state index >= 15 is 0 Å². The lowest BCUT2D eigenvalue weighted by Gasteiger charge is -2.37. The van der Waals surface area contributed by atoms with Crippen molar-refractivity contribution in [2.45, 2.75) is 49.8 Å². The molecule has 4 atom stereocenters. The second-order valence-corrected chi connectivity index (χ2v) is 8.81. The molecular formula is C27H29NO4. The number of benzene rings is 3. The maximum atomic E-state index is 6.84. The first kappa shape index (κ1) is 21.3. The summed E-state index contributed by atoms with van der Waals surface area (Å²) in [5.74, 6) is -0.694. The van der Waals surface area contributed by atoms with Crippen molar-refractivity contribution in [3.8, 4) is 0 Å². The van der Waals surface area contributed by atoms with E-state index in [-0.39, 0.29) is 18.2 Å². The first-order valence-electron chi connectivity index (χ1n) is 11.1. The van der Waals surface area contributed by atoms with E-state index < -0.39 is 17.7 Å². The lowest BCUT2D eigenvalue weighted by Crippen LogP contribution is -2.45. The molecular weight excluding hydrogens is 402 g/mol. The van der Waals surface area contributed by atoms with E-state index in [2.05, 4.69) is 36.4 Å². The number of rotatable bonds is 6. The number of hydrogen-bond acceptors (Lipinski definition) is 5. The van der Waals surface area contributed by atoms with Gasteiger partial charge in [-0.1, -0.05) is 91.0 Å². The molecule has 0 saturated carbocycles. The molecule has 32 heavy (non-hydrogen) atoms. The molecule has 0 radical (unpaired) electrons. The van der Waals surface area contributed by atoms with Crippen molar-refractivity contribution in [2.24, 2.45) is 5.73 Å². The van der Waals surface area contributed by atoms with Gasteiger partial charge in [0.1, 0.15) is 17.8 Å². The minimum atomic E-state index is -0.814. The van der Waals surface area contributed by atoms with Crippen molar-refractivity contribution in [1.82, 2.24) is 0 Å². The number of nitrogens with two attached hydrogens (primary N) is 1. The summed E-state index contributed by atoms with van der Waals surface area (Å²) in [6.07, 6.45) is -1.14. The van der Waals surface area contributed by atoms with E-state index in [1.165, 1.54) is 0 Å². The van der Waals surface area contributed by atoms with Crippen molar-refractivity contribution < 1.29 is 18.9 Å². The summed E-state index contributed by atoms with van der Waals surface area (Å²) in [7, 11) is 0. The molecule has 2 saturated heterocycles. The average Bonchev–Trinajstić information content (AvgIpc) is 3.28. The van der Waals surface area contributed by atoms with E-state index in [0.29, 0.717) is 6.61 Å². The van der Waals surface area contributed by atoms with Gasteiger partial charge in [-0.05, 0) is 30.5 Å². The average molecular weight is 432 g/mol. The zero-order valence-electron chi connectivity index (χ0n) is 18.4. The summed E-state index contributed by atoms with van der Waals surface area (Å²) in [5.41, 5.74) is 8.83. The van der Waals surface area contributed by atoms with Crippen LogP contribution in [0.1, 0.15) is 30.5 Å². The third-order valence-electron chi connectivity index (χ3n) is 6.21.